The number of hydrogen-bond acceptors (Lipinski definition) is 3. The zero-order valence-electron chi connectivity index (χ0n) is 12.2. The second kappa shape index (κ2) is 7.38. The fourth-order valence-corrected chi connectivity index (χ4v) is 2.30. The SMILES string of the molecule is CCOc1ccc(NC(=O)c2ccc(Cl)c(Cl)c2OC)cc1. The number of amides is 1. The molecule has 2 rings (SSSR count). The van der Waals surface area contributed by atoms with Gasteiger partial charge in [-0.3, -0.25) is 4.79 Å². The van der Waals surface area contributed by atoms with E-state index >= 15 is 0 Å². The number of carbonyl (C=O) groups is 1. The molecule has 0 radical (unpaired) electrons. The van der Waals surface area contributed by atoms with Crippen LogP contribution < -0.4 is 14.8 Å². The summed E-state index contributed by atoms with van der Waals surface area (Å²) in [5, 5.41) is 3.31. The first kappa shape index (κ1) is 16.5. The van der Waals surface area contributed by atoms with Crippen LogP contribution in [-0.2, 0) is 0 Å². The van der Waals surface area contributed by atoms with Gasteiger partial charge in [0.05, 0.1) is 24.3 Å². The fraction of sp³-hybridized carbons (Fsp3) is 0.188. The second-order valence-corrected chi connectivity index (χ2v) is 5.14. The molecule has 0 atom stereocenters. The number of methoxy groups -OCH3 is 1. The Balaban J connectivity index is 2.20. The molecule has 4 nitrogen and oxygen atoms in total. The Kier molecular flexibility index (Phi) is 5.52. The molecule has 0 fully saturated rings. The predicted octanol–water partition coefficient (Wildman–Crippen LogP) is 4.65. The molecule has 116 valence electrons. The number of hydrogen-bond donors (Lipinski definition) is 1. The van der Waals surface area contributed by atoms with Crippen molar-refractivity contribution in [3.05, 3.63) is 52.0 Å². The zero-order valence-corrected chi connectivity index (χ0v) is 13.7. The first-order valence-electron chi connectivity index (χ1n) is 6.63. The van der Waals surface area contributed by atoms with Gasteiger partial charge in [-0.2, -0.15) is 0 Å². The molecule has 0 saturated carbocycles. The van der Waals surface area contributed by atoms with Gasteiger partial charge in [0, 0.05) is 5.69 Å². The molecule has 2 aromatic rings. The molecule has 0 aliphatic carbocycles. The summed E-state index contributed by atoms with van der Waals surface area (Å²) in [7, 11) is 1.44. The van der Waals surface area contributed by atoms with Gasteiger partial charge < -0.3 is 14.8 Å². The summed E-state index contributed by atoms with van der Waals surface area (Å²) >= 11 is 12.0. The number of anilines is 1. The van der Waals surface area contributed by atoms with E-state index in [1.165, 1.54) is 7.11 Å². The van der Waals surface area contributed by atoms with E-state index in [0.717, 1.165) is 5.75 Å². The summed E-state index contributed by atoms with van der Waals surface area (Å²) in [6.45, 7) is 2.50. The molecule has 1 N–H and O–H groups in total. The van der Waals surface area contributed by atoms with Gasteiger partial charge in [-0.1, -0.05) is 23.2 Å². The Morgan fingerprint density at radius 3 is 2.41 bits per heavy atom. The number of nitrogens with one attached hydrogen (secondary N) is 1. The van der Waals surface area contributed by atoms with Gasteiger partial charge in [0.15, 0.2) is 5.75 Å². The van der Waals surface area contributed by atoms with E-state index in [2.05, 4.69) is 5.32 Å². The van der Waals surface area contributed by atoms with Gasteiger partial charge in [-0.15, -0.1) is 0 Å². The number of rotatable bonds is 5. The third kappa shape index (κ3) is 3.64. The Hall–Kier alpha value is -1.91. The minimum absolute atomic E-state index is 0.212. The van der Waals surface area contributed by atoms with Crippen LogP contribution in [0.3, 0.4) is 0 Å². The topological polar surface area (TPSA) is 47.6 Å². The normalized spacial score (nSPS) is 10.2. The third-order valence-electron chi connectivity index (χ3n) is 2.92. The van der Waals surface area contributed by atoms with Gasteiger partial charge in [0.2, 0.25) is 0 Å². The lowest BCUT2D eigenvalue weighted by Crippen LogP contribution is -2.13. The lowest BCUT2D eigenvalue weighted by molar-refractivity contribution is 0.102. The van der Waals surface area contributed by atoms with Crippen molar-refractivity contribution in [1.29, 1.82) is 0 Å². The Morgan fingerprint density at radius 1 is 1.14 bits per heavy atom. The van der Waals surface area contributed by atoms with Gasteiger partial charge in [0.25, 0.3) is 5.91 Å². The summed E-state index contributed by atoms with van der Waals surface area (Å²) in [6, 6.07) is 10.2. The van der Waals surface area contributed by atoms with Gasteiger partial charge in [0.1, 0.15) is 10.8 Å². The maximum absolute atomic E-state index is 12.3. The van der Waals surface area contributed by atoms with Crippen molar-refractivity contribution in [2.24, 2.45) is 0 Å². The molecule has 0 saturated heterocycles. The van der Waals surface area contributed by atoms with E-state index in [-0.39, 0.29) is 16.7 Å². The molecule has 0 bridgehead atoms. The van der Waals surface area contributed by atoms with E-state index in [1.54, 1.807) is 36.4 Å². The van der Waals surface area contributed by atoms with E-state index in [4.69, 9.17) is 32.7 Å². The molecule has 2 aromatic carbocycles. The predicted molar refractivity (Wildman–Crippen MR) is 88.6 cm³/mol. The molecule has 0 spiro atoms. The molecule has 0 aromatic heterocycles. The quantitative estimate of drug-likeness (QED) is 0.862. The summed E-state index contributed by atoms with van der Waals surface area (Å²) in [5.41, 5.74) is 0.951. The van der Waals surface area contributed by atoms with Crippen LogP contribution >= 0.6 is 23.2 Å². The van der Waals surface area contributed by atoms with E-state index in [9.17, 15) is 4.79 Å². The molecule has 22 heavy (non-hydrogen) atoms. The standard InChI is InChI=1S/C16H15Cl2NO3/c1-3-22-11-6-4-10(5-7-11)19-16(20)12-8-9-13(17)14(18)15(12)21-2/h4-9H,3H2,1-2H3,(H,19,20). The Labute approximate surface area is 138 Å². The van der Waals surface area contributed by atoms with Crippen LogP contribution in [0.25, 0.3) is 0 Å². The van der Waals surface area contributed by atoms with E-state index in [1.807, 2.05) is 6.92 Å². The van der Waals surface area contributed by atoms with E-state index < -0.39 is 0 Å². The highest BCUT2D eigenvalue weighted by molar-refractivity contribution is 6.43. The number of benzene rings is 2. The first-order valence-corrected chi connectivity index (χ1v) is 7.38. The molecule has 1 amide bonds. The average molecular weight is 340 g/mol. The summed E-state index contributed by atoms with van der Waals surface area (Å²) in [4.78, 5) is 12.3. The van der Waals surface area contributed by atoms with E-state index in [0.29, 0.717) is 22.9 Å². The van der Waals surface area contributed by atoms with Crippen molar-refractivity contribution in [2.75, 3.05) is 19.0 Å². The van der Waals surface area contributed by atoms with Crippen molar-refractivity contribution >= 4 is 34.8 Å². The maximum atomic E-state index is 12.3. The average Bonchev–Trinajstić information content (AvgIpc) is 2.52. The summed E-state index contributed by atoms with van der Waals surface area (Å²) < 4.78 is 10.5. The number of carbonyl (C=O) groups excluding carboxylic acids is 1. The molecule has 6 heteroatoms. The minimum atomic E-state index is -0.334. The highest BCUT2D eigenvalue weighted by atomic mass is 35.5. The monoisotopic (exact) mass is 339 g/mol. The largest absolute Gasteiger partial charge is 0.494 e. The van der Waals surface area contributed by atoms with Gasteiger partial charge in [-0.05, 0) is 43.3 Å². The van der Waals surface area contributed by atoms with Crippen LogP contribution in [0.1, 0.15) is 17.3 Å². The third-order valence-corrected chi connectivity index (χ3v) is 3.71. The van der Waals surface area contributed by atoms with Crippen LogP contribution in [0.2, 0.25) is 10.0 Å². The van der Waals surface area contributed by atoms with Crippen molar-refractivity contribution in [3.63, 3.8) is 0 Å². The van der Waals surface area contributed by atoms with Crippen molar-refractivity contribution in [1.82, 2.24) is 0 Å². The number of halogens is 2. The maximum Gasteiger partial charge on any atom is 0.259 e. The second-order valence-electron chi connectivity index (χ2n) is 4.35. The van der Waals surface area contributed by atoms with Gasteiger partial charge >= 0.3 is 0 Å². The number of ether oxygens (including phenoxy) is 2. The fourth-order valence-electron chi connectivity index (χ4n) is 1.91. The smallest absolute Gasteiger partial charge is 0.259 e. The highest BCUT2D eigenvalue weighted by Crippen LogP contribution is 2.35. The minimum Gasteiger partial charge on any atom is -0.494 e. The lowest BCUT2D eigenvalue weighted by Gasteiger charge is -2.12. The van der Waals surface area contributed by atoms with Crippen LogP contribution in [0.4, 0.5) is 5.69 Å². The van der Waals surface area contributed by atoms with Crippen molar-refractivity contribution in [3.8, 4) is 11.5 Å². The van der Waals surface area contributed by atoms with Gasteiger partial charge in [-0.25, -0.2) is 0 Å². The first-order chi connectivity index (χ1) is 10.6. The van der Waals surface area contributed by atoms with Crippen LogP contribution in [0.15, 0.2) is 36.4 Å². The highest BCUT2D eigenvalue weighted by Gasteiger charge is 2.17. The zero-order chi connectivity index (χ0) is 16.1. The molecular formula is C16H15Cl2NO3. The van der Waals surface area contributed by atoms with Crippen molar-refractivity contribution in [2.45, 2.75) is 6.92 Å². The summed E-state index contributed by atoms with van der Waals surface area (Å²) in [6.07, 6.45) is 0. The van der Waals surface area contributed by atoms with Crippen LogP contribution in [0, 0.1) is 0 Å². The van der Waals surface area contributed by atoms with Crippen molar-refractivity contribution < 1.29 is 14.3 Å². The molecule has 0 unspecified atom stereocenters. The van der Waals surface area contributed by atoms with Crippen LogP contribution in [-0.4, -0.2) is 19.6 Å². The Bertz CT molecular complexity index is 672. The molecular weight excluding hydrogens is 325 g/mol. The molecule has 0 aliphatic rings. The molecule has 0 aliphatic heterocycles. The molecule has 0 heterocycles. The lowest BCUT2D eigenvalue weighted by atomic mass is 10.1. The Morgan fingerprint density at radius 2 is 1.82 bits per heavy atom. The summed E-state index contributed by atoms with van der Waals surface area (Å²) in [5.74, 6) is 0.657. The van der Waals surface area contributed by atoms with Crippen LogP contribution in [0.5, 0.6) is 11.5 Å².